The maximum Gasteiger partial charge on any atom is 0.188 e. The molecule has 0 aliphatic carbocycles. The number of nitrogens with two attached hydrogens (primary N) is 1. The molecule has 0 spiro atoms. The van der Waals surface area contributed by atoms with Gasteiger partial charge in [0.15, 0.2) is 5.96 Å². The summed E-state index contributed by atoms with van der Waals surface area (Å²) in [5.74, 6) is 0.179. The number of hydrogen-bond donors (Lipinski definition) is 2. The third-order valence-electron chi connectivity index (χ3n) is 3.72. The Balaban J connectivity index is 1.80. The van der Waals surface area contributed by atoms with E-state index in [0.717, 1.165) is 26.2 Å². The fourth-order valence-electron chi connectivity index (χ4n) is 2.58. The van der Waals surface area contributed by atoms with E-state index in [1.165, 1.54) is 16.5 Å². The van der Waals surface area contributed by atoms with E-state index in [1.807, 2.05) is 4.90 Å². The van der Waals surface area contributed by atoms with Gasteiger partial charge in [0, 0.05) is 31.9 Å². The lowest BCUT2D eigenvalue weighted by Crippen LogP contribution is -2.50. The van der Waals surface area contributed by atoms with Crippen LogP contribution in [0.1, 0.15) is 0 Å². The molecule has 4 nitrogen and oxygen atoms in total. The Labute approximate surface area is 112 Å². The predicted octanol–water partition coefficient (Wildman–Crippen LogP) is 1.86. The van der Waals surface area contributed by atoms with Gasteiger partial charge < -0.3 is 15.5 Å². The van der Waals surface area contributed by atoms with Crippen molar-refractivity contribution in [2.75, 3.05) is 31.1 Å². The highest BCUT2D eigenvalue weighted by atomic mass is 15.3. The summed E-state index contributed by atoms with van der Waals surface area (Å²) in [6.45, 7) is 3.47. The average molecular weight is 254 g/mol. The van der Waals surface area contributed by atoms with Crippen LogP contribution in [0.15, 0.2) is 42.5 Å². The SMILES string of the molecule is N=C(N)N1CCN(c2ccc3ccccc3c2)CC1. The Morgan fingerprint density at radius 1 is 0.947 bits per heavy atom. The Bertz CT molecular complexity index is 600. The number of hydrogen-bond acceptors (Lipinski definition) is 2. The lowest BCUT2D eigenvalue weighted by molar-refractivity contribution is 0.380. The first-order chi connectivity index (χ1) is 9.24. The number of benzene rings is 2. The van der Waals surface area contributed by atoms with Crippen molar-refractivity contribution >= 4 is 22.4 Å². The number of piperazine rings is 1. The Kier molecular flexibility index (Phi) is 2.99. The molecule has 1 aliphatic rings. The number of guanidine groups is 1. The van der Waals surface area contributed by atoms with Gasteiger partial charge in [0.2, 0.25) is 0 Å². The molecule has 0 atom stereocenters. The van der Waals surface area contributed by atoms with E-state index in [2.05, 4.69) is 47.4 Å². The van der Waals surface area contributed by atoms with Gasteiger partial charge in [0.1, 0.15) is 0 Å². The molecule has 0 saturated carbocycles. The van der Waals surface area contributed by atoms with E-state index in [9.17, 15) is 0 Å². The minimum Gasteiger partial charge on any atom is -0.370 e. The molecule has 2 aromatic rings. The molecular formula is C15H18N4. The number of rotatable bonds is 1. The molecule has 0 radical (unpaired) electrons. The van der Waals surface area contributed by atoms with E-state index in [4.69, 9.17) is 11.1 Å². The van der Waals surface area contributed by atoms with Gasteiger partial charge in [-0.15, -0.1) is 0 Å². The number of nitrogens with zero attached hydrogens (tertiary/aromatic N) is 2. The molecule has 0 aromatic heterocycles. The first-order valence-corrected chi connectivity index (χ1v) is 6.57. The van der Waals surface area contributed by atoms with Crippen molar-refractivity contribution in [2.24, 2.45) is 5.73 Å². The van der Waals surface area contributed by atoms with Gasteiger partial charge in [-0.1, -0.05) is 30.3 Å². The molecule has 3 rings (SSSR count). The third-order valence-corrected chi connectivity index (χ3v) is 3.72. The zero-order valence-corrected chi connectivity index (χ0v) is 10.8. The van der Waals surface area contributed by atoms with Crippen LogP contribution in [0, 0.1) is 5.41 Å². The fraction of sp³-hybridized carbons (Fsp3) is 0.267. The van der Waals surface area contributed by atoms with Gasteiger partial charge >= 0.3 is 0 Å². The van der Waals surface area contributed by atoms with Crippen LogP contribution in [0.5, 0.6) is 0 Å². The Morgan fingerprint density at radius 2 is 1.63 bits per heavy atom. The van der Waals surface area contributed by atoms with Gasteiger partial charge in [-0.2, -0.15) is 0 Å². The second-order valence-corrected chi connectivity index (χ2v) is 4.89. The van der Waals surface area contributed by atoms with E-state index in [1.54, 1.807) is 0 Å². The lowest BCUT2D eigenvalue weighted by atomic mass is 10.1. The number of anilines is 1. The topological polar surface area (TPSA) is 56.4 Å². The zero-order chi connectivity index (χ0) is 13.2. The summed E-state index contributed by atoms with van der Waals surface area (Å²) in [6, 6.07) is 15.0. The maximum absolute atomic E-state index is 7.45. The molecule has 0 amide bonds. The molecular weight excluding hydrogens is 236 g/mol. The standard InChI is InChI=1S/C15H18N4/c16-15(17)19-9-7-18(8-10-19)14-6-5-12-3-1-2-4-13(12)11-14/h1-6,11H,7-10H2,(H3,16,17). The highest BCUT2D eigenvalue weighted by molar-refractivity contribution is 5.86. The molecule has 2 aromatic carbocycles. The van der Waals surface area contributed by atoms with Crippen molar-refractivity contribution in [1.29, 1.82) is 5.41 Å². The average Bonchev–Trinajstić information content (AvgIpc) is 2.47. The van der Waals surface area contributed by atoms with E-state index < -0.39 is 0 Å². The smallest absolute Gasteiger partial charge is 0.188 e. The van der Waals surface area contributed by atoms with Crippen LogP contribution in [-0.2, 0) is 0 Å². The first-order valence-electron chi connectivity index (χ1n) is 6.57. The normalized spacial score (nSPS) is 15.8. The Hall–Kier alpha value is -2.23. The van der Waals surface area contributed by atoms with E-state index >= 15 is 0 Å². The summed E-state index contributed by atoms with van der Waals surface area (Å²) in [4.78, 5) is 4.27. The fourth-order valence-corrected chi connectivity index (χ4v) is 2.58. The first kappa shape index (κ1) is 11.8. The van der Waals surface area contributed by atoms with Gasteiger partial charge in [-0.25, -0.2) is 0 Å². The highest BCUT2D eigenvalue weighted by Crippen LogP contribution is 2.22. The van der Waals surface area contributed by atoms with Crippen molar-refractivity contribution in [3.63, 3.8) is 0 Å². The molecule has 0 bridgehead atoms. The molecule has 3 N–H and O–H groups in total. The monoisotopic (exact) mass is 254 g/mol. The minimum atomic E-state index is 0.179. The van der Waals surface area contributed by atoms with Crippen molar-refractivity contribution < 1.29 is 0 Å². The largest absolute Gasteiger partial charge is 0.370 e. The summed E-state index contributed by atoms with van der Waals surface area (Å²) in [7, 11) is 0. The molecule has 19 heavy (non-hydrogen) atoms. The van der Waals surface area contributed by atoms with Crippen LogP contribution in [0.25, 0.3) is 10.8 Å². The Morgan fingerprint density at radius 3 is 2.32 bits per heavy atom. The predicted molar refractivity (Wildman–Crippen MR) is 79.6 cm³/mol. The summed E-state index contributed by atoms with van der Waals surface area (Å²) in [5.41, 5.74) is 6.77. The van der Waals surface area contributed by atoms with Crippen LogP contribution >= 0.6 is 0 Å². The second kappa shape index (κ2) is 4.80. The van der Waals surface area contributed by atoms with Gasteiger partial charge in [-0.3, -0.25) is 5.41 Å². The van der Waals surface area contributed by atoms with E-state index in [-0.39, 0.29) is 5.96 Å². The van der Waals surface area contributed by atoms with Crippen LogP contribution in [0.3, 0.4) is 0 Å². The molecule has 1 fully saturated rings. The summed E-state index contributed by atoms with van der Waals surface area (Å²) in [5, 5.41) is 10.00. The quantitative estimate of drug-likeness (QED) is 0.603. The van der Waals surface area contributed by atoms with Crippen LogP contribution in [0.2, 0.25) is 0 Å². The molecule has 4 heteroatoms. The van der Waals surface area contributed by atoms with Crippen molar-refractivity contribution in [3.8, 4) is 0 Å². The van der Waals surface area contributed by atoms with Gasteiger partial charge in [0.05, 0.1) is 0 Å². The number of nitrogens with one attached hydrogen (secondary N) is 1. The molecule has 98 valence electrons. The molecule has 1 heterocycles. The molecule has 1 saturated heterocycles. The summed E-state index contributed by atoms with van der Waals surface area (Å²) in [6.07, 6.45) is 0. The zero-order valence-electron chi connectivity index (χ0n) is 10.8. The second-order valence-electron chi connectivity index (χ2n) is 4.89. The summed E-state index contributed by atoms with van der Waals surface area (Å²) >= 11 is 0. The molecule has 1 aliphatic heterocycles. The van der Waals surface area contributed by atoms with Crippen LogP contribution < -0.4 is 10.6 Å². The molecule has 0 unspecified atom stereocenters. The van der Waals surface area contributed by atoms with Gasteiger partial charge in [-0.05, 0) is 22.9 Å². The lowest BCUT2D eigenvalue weighted by Gasteiger charge is -2.36. The van der Waals surface area contributed by atoms with E-state index in [0.29, 0.717) is 0 Å². The minimum absolute atomic E-state index is 0.179. The van der Waals surface area contributed by atoms with Crippen LogP contribution in [-0.4, -0.2) is 37.0 Å². The van der Waals surface area contributed by atoms with Crippen LogP contribution in [0.4, 0.5) is 5.69 Å². The number of fused-ring (bicyclic) bond motifs is 1. The van der Waals surface area contributed by atoms with Crippen molar-refractivity contribution in [3.05, 3.63) is 42.5 Å². The van der Waals surface area contributed by atoms with Crippen molar-refractivity contribution in [2.45, 2.75) is 0 Å². The third kappa shape index (κ3) is 2.34. The van der Waals surface area contributed by atoms with Crippen molar-refractivity contribution in [1.82, 2.24) is 4.90 Å². The summed E-state index contributed by atoms with van der Waals surface area (Å²) < 4.78 is 0. The van der Waals surface area contributed by atoms with Gasteiger partial charge in [0.25, 0.3) is 0 Å². The maximum atomic E-state index is 7.45. The highest BCUT2D eigenvalue weighted by Gasteiger charge is 2.17.